The maximum absolute atomic E-state index is 11.9. The van der Waals surface area contributed by atoms with Crippen LogP contribution in [0.5, 0.6) is 0 Å². The van der Waals surface area contributed by atoms with E-state index < -0.39 is 24.1 Å². The molecule has 184 valence electrons. The minimum absolute atomic E-state index is 0.263. The van der Waals surface area contributed by atoms with Crippen LogP contribution in [0.2, 0.25) is 0 Å². The standard InChI is InChI=1S/C26H44O6/c1-7-11-13-23(9-3)19-29-17-21(5)31-25(27)15-16-26(28)32-22(6)18-30-20-24(10-4)14-12-8-2/h15-16,19-22H,7-14,17-18H2,1-6H3/b16-15-,23-19?,24-20?. The molecular formula is C26H44O6. The quantitative estimate of drug-likeness (QED) is 0.136. The highest BCUT2D eigenvalue weighted by atomic mass is 16.6. The van der Waals surface area contributed by atoms with Crippen molar-refractivity contribution in [2.24, 2.45) is 0 Å². The van der Waals surface area contributed by atoms with E-state index in [0.717, 1.165) is 63.5 Å². The Morgan fingerprint density at radius 3 is 1.38 bits per heavy atom. The molecule has 0 amide bonds. The summed E-state index contributed by atoms with van der Waals surface area (Å²) >= 11 is 0. The van der Waals surface area contributed by atoms with Gasteiger partial charge in [-0.15, -0.1) is 0 Å². The molecule has 0 radical (unpaired) electrons. The summed E-state index contributed by atoms with van der Waals surface area (Å²) in [5.41, 5.74) is 2.49. The Labute approximate surface area is 195 Å². The van der Waals surface area contributed by atoms with Crippen LogP contribution in [0.25, 0.3) is 0 Å². The van der Waals surface area contributed by atoms with Gasteiger partial charge in [0.2, 0.25) is 0 Å². The van der Waals surface area contributed by atoms with E-state index in [1.54, 1.807) is 26.4 Å². The zero-order valence-corrected chi connectivity index (χ0v) is 21.0. The van der Waals surface area contributed by atoms with Gasteiger partial charge >= 0.3 is 11.9 Å². The Hall–Kier alpha value is -2.24. The molecule has 6 heteroatoms. The molecule has 0 aliphatic rings. The van der Waals surface area contributed by atoms with Gasteiger partial charge < -0.3 is 18.9 Å². The summed E-state index contributed by atoms with van der Waals surface area (Å²) in [5.74, 6) is -1.22. The first-order chi connectivity index (χ1) is 15.4. The minimum atomic E-state index is -0.612. The second-order valence-electron chi connectivity index (χ2n) is 7.96. The highest BCUT2D eigenvalue weighted by Gasteiger charge is 2.10. The lowest BCUT2D eigenvalue weighted by Crippen LogP contribution is -2.20. The molecule has 0 aliphatic heterocycles. The molecular weight excluding hydrogens is 408 g/mol. The summed E-state index contributed by atoms with van der Waals surface area (Å²) in [6, 6.07) is 0. The first kappa shape index (κ1) is 29.8. The Morgan fingerprint density at radius 2 is 1.06 bits per heavy atom. The molecule has 32 heavy (non-hydrogen) atoms. The fraction of sp³-hybridized carbons (Fsp3) is 0.692. The van der Waals surface area contributed by atoms with E-state index in [2.05, 4.69) is 27.7 Å². The summed E-state index contributed by atoms with van der Waals surface area (Å²) in [6.45, 7) is 12.5. The van der Waals surface area contributed by atoms with E-state index in [0.29, 0.717) is 0 Å². The van der Waals surface area contributed by atoms with Crippen molar-refractivity contribution in [2.45, 2.75) is 105 Å². The van der Waals surface area contributed by atoms with Crippen LogP contribution in [0.15, 0.2) is 35.8 Å². The second kappa shape index (κ2) is 19.4. The largest absolute Gasteiger partial charge is 0.497 e. The van der Waals surface area contributed by atoms with Gasteiger partial charge in [0.05, 0.1) is 12.5 Å². The fourth-order valence-corrected chi connectivity index (χ4v) is 2.73. The fourth-order valence-electron chi connectivity index (χ4n) is 2.73. The Balaban J connectivity index is 4.25. The molecule has 2 atom stereocenters. The molecule has 0 saturated carbocycles. The van der Waals surface area contributed by atoms with Gasteiger partial charge in [0.1, 0.15) is 25.4 Å². The van der Waals surface area contributed by atoms with Gasteiger partial charge in [-0.1, -0.05) is 40.5 Å². The van der Waals surface area contributed by atoms with E-state index in [9.17, 15) is 9.59 Å². The van der Waals surface area contributed by atoms with Crippen LogP contribution in [-0.4, -0.2) is 37.4 Å². The lowest BCUT2D eigenvalue weighted by molar-refractivity contribution is -0.146. The molecule has 0 rings (SSSR count). The topological polar surface area (TPSA) is 71.1 Å². The van der Waals surface area contributed by atoms with Crippen molar-refractivity contribution in [3.63, 3.8) is 0 Å². The molecule has 0 bridgehead atoms. The highest BCUT2D eigenvalue weighted by Crippen LogP contribution is 2.12. The third kappa shape index (κ3) is 16.5. The number of unbranched alkanes of at least 4 members (excludes halogenated alkanes) is 2. The number of ether oxygens (including phenoxy) is 4. The maximum Gasteiger partial charge on any atom is 0.331 e. The number of hydrogen-bond donors (Lipinski definition) is 0. The van der Waals surface area contributed by atoms with Gasteiger partial charge in [-0.05, 0) is 63.5 Å². The summed E-state index contributed by atoms with van der Waals surface area (Å²) in [4.78, 5) is 23.8. The normalized spacial score (nSPS) is 14.2. The highest BCUT2D eigenvalue weighted by molar-refractivity contribution is 5.91. The van der Waals surface area contributed by atoms with E-state index >= 15 is 0 Å². The number of rotatable bonds is 18. The number of carbonyl (C=O) groups is 2. The predicted octanol–water partition coefficient (Wildman–Crippen LogP) is 6.41. The number of allylic oxidation sites excluding steroid dienone is 2. The number of esters is 2. The van der Waals surface area contributed by atoms with Gasteiger partial charge in [-0.2, -0.15) is 0 Å². The molecule has 6 nitrogen and oxygen atoms in total. The molecule has 0 heterocycles. The molecule has 0 aromatic heterocycles. The molecule has 0 N–H and O–H groups in total. The van der Waals surface area contributed by atoms with Gasteiger partial charge in [0.25, 0.3) is 0 Å². The third-order valence-electron chi connectivity index (χ3n) is 4.76. The molecule has 2 unspecified atom stereocenters. The van der Waals surface area contributed by atoms with Crippen LogP contribution in [0, 0.1) is 0 Å². The number of hydrogen-bond acceptors (Lipinski definition) is 6. The smallest absolute Gasteiger partial charge is 0.331 e. The van der Waals surface area contributed by atoms with Crippen LogP contribution < -0.4 is 0 Å². The molecule has 0 aliphatic carbocycles. The molecule has 0 fully saturated rings. The second-order valence-corrected chi connectivity index (χ2v) is 7.96. The predicted molar refractivity (Wildman–Crippen MR) is 128 cm³/mol. The van der Waals surface area contributed by atoms with Crippen molar-refractivity contribution in [2.75, 3.05) is 13.2 Å². The first-order valence-corrected chi connectivity index (χ1v) is 12.0. The van der Waals surface area contributed by atoms with Gasteiger partial charge in [0.15, 0.2) is 0 Å². The van der Waals surface area contributed by atoms with E-state index in [1.807, 2.05) is 0 Å². The molecule has 0 saturated heterocycles. The molecule has 0 aromatic rings. The lowest BCUT2D eigenvalue weighted by atomic mass is 10.1. The van der Waals surface area contributed by atoms with Gasteiger partial charge in [0, 0.05) is 12.2 Å². The Kier molecular flexibility index (Phi) is 18.1. The van der Waals surface area contributed by atoms with Crippen LogP contribution in [0.1, 0.15) is 92.9 Å². The van der Waals surface area contributed by atoms with E-state index in [1.165, 1.54) is 11.1 Å². The molecule has 0 aromatic carbocycles. The van der Waals surface area contributed by atoms with Crippen LogP contribution in [-0.2, 0) is 28.5 Å². The summed E-state index contributed by atoms with van der Waals surface area (Å²) in [7, 11) is 0. The summed E-state index contributed by atoms with van der Waals surface area (Å²) in [5, 5.41) is 0. The average Bonchev–Trinajstić information content (AvgIpc) is 2.76. The van der Waals surface area contributed by atoms with Crippen molar-refractivity contribution < 1.29 is 28.5 Å². The third-order valence-corrected chi connectivity index (χ3v) is 4.76. The first-order valence-electron chi connectivity index (χ1n) is 12.0. The summed E-state index contributed by atoms with van der Waals surface area (Å²) < 4.78 is 21.5. The van der Waals surface area contributed by atoms with Crippen molar-refractivity contribution in [1.82, 2.24) is 0 Å². The monoisotopic (exact) mass is 452 g/mol. The van der Waals surface area contributed by atoms with Gasteiger partial charge in [-0.3, -0.25) is 0 Å². The van der Waals surface area contributed by atoms with Crippen molar-refractivity contribution in [3.05, 3.63) is 35.8 Å². The van der Waals surface area contributed by atoms with Crippen LogP contribution in [0.4, 0.5) is 0 Å². The number of carbonyl (C=O) groups excluding carboxylic acids is 2. The van der Waals surface area contributed by atoms with Crippen LogP contribution >= 0.6 is 0 Å². The Bertz CT molecular complexity index is 553. The zero-order chi connectivity index (χ0) is 24.2. The molecule has 0 spiro atoms. The Morgan fingerprint density at radius 1 is 0.688 bits per heavy atom. The maximum atomic E-state index is 11.9. The van der Waals surface area contributed by atoms with Crippen molar-refractivity contribution >= 4 is 11.9 Å². The zero-order valence-electron chi connectivity index (χ0n) is 21.0. The van der Waals surface area contributed by atoms with Crippen LogP contribution in [0.3, 0.4) is 0 Å². The lowest BCUT2D eigenvalue weighted by Gasteiger charge is -2.13. The summed E-state index contributed by atoms with van der Waals surface area (Å²) in [6.07, 6.45) is 13.3. The van der Waals surface area contributed by atoms with E-state index in [4.69, 9.17) is 18.9 Å². The van der Waals surface area contributed by atoms with Gasteiger partial charge in [-0.25, -0.2) is 9.59 Å². The van der Waals surface area contributed by atoms with E-state index in [-0.39, 0.29) is 13.2 Å². The minimum Gasteiger partial charge on any atom is -0.497 e. The van der Waals surface area contributed by atoms with Crippen molar-refractivity contribution in [1.29, 1.82) is 0 Å². The SMILES string of the molecule is CCCCC(=COCC(C)OC(=O)/C=C\C(=O)OC(C)COC=C(CC)CCCC)CC. The average molecular weight is 453 g/mol. The van der Waals surface area contributed by atoms with Crippen molar-refractivity contribution in [3.8, 4) is 0 Å².